The maximum absolute atomic E-state index is 13.7. The van der Waals surface area contributed by atoms with Crippen LogP contribution in [-0.4, -0.2) is 28.0 Å². The Balaban J connectivity index is 2.00. The predicted molar refractivity (Wildman–Crippen MR) is 128 cm³/mol. The van der Waals surface area contributed by atoms with Gasteiger partial charge in [-0.05, 0) is 86.0 Å². The lowest BCUT2D eigenvalue weighted by atomic mass is 10.1. The predicted octanol–water partition coefficient (Wildman–Crippen LogP) is 5.11. The highest BCUT2D eigenvalue weighted by atomic mass is 35.5. The highest BCUT2D eigenvalue weighted by molar-refractivity contribution is 7.93. The Morgan fingerprint density at radius 3 is 2.28 bits per heavy atom. The Hall–Kier alpha value is -3.03. The fourth-order valence-corrected chi connectivity index (χ4v) is 4.97. The van der Waals surface area contributed by atoms with Crippen LogP contribution in [0, 0.1) is 20.8 Å². The molecule has 0 saturated carbocycles. The molecule has 0 heterocycles. The molecule has 168 valence electrons. The molecule has 8 heteroatoms. The standard InChI is InChI=1S/C24H25ClN2O4S/c1-16-5-12-22(31-4)23(13-16)32(29,30)27(21-10-7-19(25)8-11-21)15-24(28)26-20-9-6-17(2)18(3)14-20/h5-14H,15H2,1-4H3,(H,26,28). The van der Waals surface area contributed by atoms with Gasteiger partial charge in [0, 0.05) is 10.7 Å². The molecule has 0 aliphatic heterocycles. The molecule has 0 aliphatic rings. The highest BCUT2D eigenvalue weighted by Gasteiger charge is 2.30. The zero-order valence-corrected chi connectivity index (χ0v) is 19.9. The number of benzene rings is 3. The summed E-state index contributed by atoms with van der Waals surface area (Å²) in [5, 5.41) is 3.24. The van der Waals surface area contributed by atoms with Gasteiger partial charge >= 0.3 is 0 Å². The first-order chi connectivity index (χ1) is 15.1. The Bertz CT molecular complexity index is 1240. The number of aryl methyl sites for hydroxylation is 3. The van der Waals surface area contributed by atoms with Gasteiger partial charge < -0.3 is 10.1 Å². The van der Waals surface area contributed by atoms with Crippen molar-refractivity contribution in [1.29, 1.82) is 0 Å². The van der Waals surface area contributed by atoms with E-state index in [4.69, 9.17) is 16.3 Å². The topological polar surface area (TPSA) is 75.7 Å². The maximum Gasteiger partial charge on any atom is 0.268 e. The van der Waals surface area contributed by atoms with E-state index < -0.39 is 22.5 Å². The summed E-state index contributed by atoms with van der Waals surface area (Å²) in [6.45, 7) is 5.29. The van der Waals surface area contributed by atoms with Crippen molar-refractivity contribution in [2.45, 2.75) is 25.7 Å². The van der Waals surface area contributed by atoms with Crippen molar-refractivity contribution < 1.29 is 17.9 Å². The van der Waals surface area contributed by atoms with Crippen molar-refractivity contribution in [2.24, 2.45) is 0 Å². The molecule has 0 aromatic heterocycles. The van der Waals surface area contributed by atoms with E-state index >= 15 is 0 Å². The first-order valence-corrected chi connectivity index (χ1v) is 11.7. The molecule has 1 amide bonds. The molecule has 1 N–H and O–H groups in total. The Morgan fingerprint density at radius 2 is 1.66 bits per heavy atom. The Kier molecular flexibility index (Phi) is 7.11. The van der Waals surface area contributed by atoms with Crippen LogP contribution in [0.4, 0.5) is 11.4 Å². The molecule has 32 heavy (non-hydrogen) atoms. The van der Waals surface area contributed by atoms with Crippen LogP contribution in [0.15, 0.2) is 65.6 Å². The van der Waals surface area contributed by atoms with Gasteiger partial charge in [0.15, 0.2) is 0 Å². The summed E-state index contributed by atoms with van der Waals surface area (Å²) in [5.41, 5.74) is 3.78. The van der Waals surface area contributed by atoms with E-state index in [0.717, 1.165) is 21.0 Å². The smallest absolute Gasteiger partial charge is 0.268 e. The average Bonchev–Trinajstić information content (AvgIpc) is 2.75. The van der Waals surface area contributed by atoms with Crippen molar-refractivity contribution >= 4 is 38.9 Å². The summed E-state index contributed by atoms with van der Waals surface area (Å²) < 4.78 is 33.7. The second-order valence-corrected chi connectivity index (χ2v) is 9.76. The van der Waals surface area contributed by atoms with Crippen LogP contribution in [0.3, 0.4) is 0 Å². The average molecular weight is 473 g/mol. The van der Waals surface area contributed by atoms with Crippen LogP contribution >= 0.6 is 11.6 Å². The third-order valence-corrected chi connectivity index (χ3v) is 7.13. The molecule has 0 bridgehead atoms. The summed E-state index contributed by atoms with van der Waals surface area (Å²) in [6.07, 6.45) is 0. The van der Waals surface area contributed by atoms with Crippen LogP contribution in [0.25, 0.3) is 0 Å². The molecule has 0 atom stereocenters. The van der Waals surface area contributed by atoms with Crippen LogP contribution in [-0.2, 0) is 14.8 Å². The number of amides is 1. The molecule has 3 aromatic rings. The van der Waals surface area contributed by atoms with Crippen molar-refractivity contribution in [3.8, 4) is 5.75 Å². The number of hydrogen-bond acceptors (Lipinski definition) is 4. The minimum Gasteiger partial charge on any atom is -0.495 e. The largest absolute Gasteiger partial charge is 0.495 e. The number of rotatable bonds is 7. The number of halogens is 1. The normalized spacial score (nSPS) is 11.2. The van der Waals surface area contributed by atoms with E-state index in [0.29, 0.717) is 16.4 Å². The molecular formula is C24H25ClN2O4S. The second kappa shape index (κ2) is 9.63. The van der Waals surface area contributed by atoms with Crippen LogP contribution in [0.1, 0.15) is 16.7 Å². The van der Waals surface area contributed by atoms with Crippen LogP contribution < -0.4 is 14.4 Å². The molecule has 0 fully saturated rings. The molecule has 0 unspecified atom stereocenters. The Labute approximate surface area is 193 Å². The quantitative estimate of drug-likeness (QED) is 0.518. The minimum atomic E-state index is -4.13. The van der Waals surface area contributed by atoms with E-state index in [2.05, 4.69) is 5.32 Å². The fourth-order valence-electron chi connectivity index (χ4n) is 3.18. The van der Waals surface area contributed by atoms with Crippen LogP contribution in [0.2, 0.25) is 5.02 Å². The number of nitrogens with one attached hydrogen (secondary N) is 1. The number of methoxy groups -OCH3 is 1. The molecule has 0 radical (unpaired) electrons. The fraction of sp³-hybridized carbons (Fsp3) is 0.208. The number of sulfonamides is 1. The number of carbonyl (C=O) groups is 1. The third-order valence-electron chi connectivity index (χ3n) is 5.08. The van der Waals surface area contributed by atoms with Crippen molar-refractivity contribution in [2.75, 3.05) is 23.3 Å². The first-order valence-electron chi connectivity index (χ1n) is 9.92. The van der Waals surface area contributed by atoms with Gasteiger partial charge in [-0.1, -0.05) is 23.7 Å². The van der Waals surface area contributed by atoms with Gasteiger partial charge in [-0.15, -0.1) is 0 Å². The summed E-state index contributed by atoms with van der Waals surface area (Å²) in [7, 11) is -2.72. The lowest BCUT2D eigenvalue weighted by Gasteiger charge is -2.25. The monoisotopic (exact) mass is 472 g/mol. The molecule has 3 aromatic carbocycles. The summed E-state index contributed by atoms with van der Waals surface area (Å²) in [4.78, 5) is 12.9. The van der Waals surface area contributed by atoms with E-state index in [9.17, 15) is 13.2 Å². The highest BCUT2D eigenvalue weighted by Crippen LogP contribution is 2.31. The van der Waals surface area contributed by atoms with E-state index in [-0.39, 0.29) is 10.6 Å². The zero-order valence-electron chi connectivity index (χ0n) is 18.3. The van der Waals surface area contributed by atoms with Crippen molar-refractivity contribution in [3.05, 3.63) is 82.4 Å². The molecule has 3 rings (SSSR count). The SMILES string of the molecule is COc1ccc(C)cc1S(=O)(=O)N(CC(=O)Nc1ccc(C)c(C)c1)c1ccc(Cl)cc1. The number of anilines is 2. The van der Waals surface area contributed by atoms with Gasteiger partial charge in [0.05, 0.1) is 12.8 Å². The lowest BCUT2D eigenvalue weighted by Crippen LogP contribution is -2.38. The van der Waals surface area contributed by atoms with Gasteiger partial charge in [0.25, 0.3) is 10.0 Å². The summed E-state index contributed by atoms with van der Waals surface area (Å²) in [6, 6.07) is 16.7. The minimum absolute atomic E-state index is 0.0195. The van der Waals surface area contributed by atoms with Gasteiger partial charge in [-0.2, -0.15) is 0 Å². The van der Waals surface area contributed by atoms with E-state index in [1.54, 1.807) is 49.4 Å². The van der Waals surface area contributed by atoms with Gasteiger partial charge in [0.1, 0.15) is 17.2 Å². The first kappa shape index (κ1) is 23.6. The van der Waals surface area contributed by atoms with E-state index in [1.807, 2.05) is 26.0 Å². The Morgan fingerprint density at radius 1 is 0.969 bits per heavy atom. The van der Waals surface area contributed by atoms with E-state index in [1.165, 1.54) is 13.2 Å². The molecule has 0 spiro atoms. The zero-order chi connectivity index (χ0) is 23.5. The van der Waals surface area contributed by atoms with Gasteiger partial charge in [-0.25, -0.2) is 8.42 Å². The molecular weight excluding hydrogens is 448 g/mol. The maximum atomic E-state index is 13.7. The second-order valence-electron chi connectivity index (χ2n) is 7.49. The lowest BCUT2D eigenvalue weighted by molar-refractivity contribution is -0.114. The molecule has 0 aliphatic carbocycles. The van der Waals surface area contributed by atoms with Crippen LogP contribution in [0.5, 0.6) is 5.75 Å². The van der Waals surface area contributed by atoms with Crippen molar-refractivity contribution in [3.63, 3.8) is 0 Å². The number of hydrogen-bond donors (Lipinski definition) is 1. The molecule has 6 nitrogen and oxygen atoms in total. The third kappa shape index (κ3) is 5.23. The number of carbonyl (C=O) groups excluding carboxylic acids is 1. The summed E-state index contributed by atoms with van der Waals surface area (Å²) in [5.74, 6) is -0.275. The van der Waals surface area contributed by atoms with Crippen molar-refractivity contribution in [1.82, 2.24) is 0 Å². The summed E-state index contributed by atoms with van der Waals surface area (Å²) >= 11 is 5.99. The van der Waals surface area contributed by atoms with Gasteiger partial charge in [-0.3, -0.25) is 9.10 Å². The number of nitrogens with zero attached hydrogens (tertiary/aromatic N) is 1. The van der Waals surface area contributed by atoms with Gasteiger partial charge in [0.2, 0.25) is 5.91 Å². The number of ether oxygens (including phenoxy) is 1. The molecule has 0 saturated heterocycles.